The van der Waals surface area contributed by atoms with Crippen LogP contribution in [0.2, 0.25) is 0 Å². The molecule has 1 heterocycles. The monoisotopic (exact) mass is 490 g/mol. The van der Waals surface area contributed by atoms with Gasteiger partial charge in [-0.05, 0) is 51.2 Å². The molecule has 34 heavy (non-hydrogen) atoms. The van der Waals surface area contributed by atoms with E-state index in [9.17, 15) is 22.4 Å². The van der Waals surface area contributed by atoms with Crippen molar-refractivity contribution in [2.45, 2.75) is 31.2 Å². The fourth-order valence-corrected chi connectivity index (χ4v) is 4.88. The molecule has 2 N–H and O–H groups in total. The van der Waals surface area contributed by atoms with E-state index in [1.165, 1.54) is 43.3 Å². The summed E-state index contributed by atoms with van der Waals surface area (Å²) in [6, 6.07) is 9.74. The van der Waals surface area contributed by atoms with Gasteiger partial charge < -0.3 is 15.1 Å². The Morgan fingerprint density at radius 2 is 1.71 bits per heavy atom. The van der Waals surface area contributed by atoms with Crippen LogP contribution in [0.15, 0.2) is 47.4 Å². The van der Waals surface area contributed by atoms with E-state index < -0.39 is 16.1 Å². The molecule has 0 bridgehead atoms. The second-order valence-corrected chi connectivity index (χ2v) is 10.3. The summed E-state index contributed by atoms with van der Waals surface area (Å²) in [6.07, 6.45) is -0.0751. The Labute approximate surface area is 200 Å². The number of halogens is 1. The Hall–Kier alpha value is -2.82. The number of likely N-dealkylation sites (N-methyl/N-ethyl adjacent to an activating group) is 1. The highest BCUT2D eigenvalue weighted by Gasteiger charge is 2.21. The SMILES string of the molecule is CC(=O)c1ccc(S(=O)(=O)NCCC(=O)NC(C)c2cc(F)ccc2N2CCN(C)CC2)cc1. The van der Waals surface area contributed by atoms with Crippen LogP contribution >= 0.6 is 0 Å². The van der Waals surface area contributed by atoms with Gasteiger partial charge in [-0.1, -0.05) is 12.1 Å². The maximum absolute atomic E-state index is 14.0. The number of rotatable bonds is 9. The highest BCUT2D eigenvalue weighted by Crippen LogP contribution is 2.28. The first kappa shape index (κ1) is 25.8. The van der Waals surface area contributed by atoms with Crippen LogP contribution in [0, 0.1) is 5.82 Å². The van der Waals surface area contributed by atoms with Crippen LogP contribution in [0.4, 0.5) is 10.1 Å². The van der Waals surface area contributed by atoms with Crippen molar-refractivity contribution in [3.05, 3.63) is 59.4 Å². The van der Waals surface area contributed by atoms with Crippen molar-refractivity contribution in [3.8, 4) is 0 Å². The lowest BCUT2D eigenvalue weighted by Gasteiger charge is -2.36. The summed E-state index contributed by atoms with van der Waals surface area (Å²) in [5.74, 6) is -0.884. The summed E-state index contributed by atoms with van der Waals surface area (Å²) in [5, 5.41) is 2.84. The molecule has 184 valence electrons. The van der Waals surface area contributed by atoms with Gasteiger partial charge in [0.25, 0.3) is 0 Å². The molecular weight excluding hydrogens is 459 g/mol. The van der Waals surface area contributed by atoms with Crippen molar-refractivity contribution >= 4 is 27.4 Å². The van der Waals surface area contributed by atoms with Crippen molar-refractivity contribution in [3.63, 3.8) is 0 Å². The van der Waals surface area contributed by atoms with Crippen molar-refractivity contribution in [1.82, 2.24) is 14.9 Å². The summed E-state index contributed by atoms with van der Waals surface area (Å²) in [6.45, 7) is 6.51. The molecule has 1 saturated heterocycles. The number of anilines is 1. The summed E-state index contributed by atoms with van der Waals surface area (Å²) in [5.41, 5.74) is 1.99. The molecule has 8 nitrogen and oxygen atoms in total. The predicted molar refractivity (Wildman–Crippen MR) is 129 cm³/mol. The average molecular weight is 491 g/mol. The van der Waals surface area contributed by atoms with Crippen LogP contribution in [0.1, 0.15) is 42.2 Å². The summed E-state index contributed by atoms with van der Waals surface area (Å²) >= 11 is 0. The molecule has 0 aliphatic carbocycles. The molecule has 0 radical (unpaired) electrons. The number of carbonyl (C=O) groups is 2. The number of hydrogen-bond donors (Lipinski definition) is 2. The van der Waals surface area contributed by atoms with Crippen LogP contribution in [0.5, 0.6) is 0 Å². The van der Waals surface area contributed by atoms with Crippen molar-refractivity contribution < 1.29 is 22.4 Å². The van der Waals surface area contributed by atoms with Crippen LogP contribution in [0.3, 0.4) is 0 Å². The third-order valence-electron chi connectivity index (χ3n) is 5.89. The molecule has 0 aromatic heterocycles. The maximum Gasteiger partial charge on any atom is 0.240 e. The molecule has 0 spiro atoms. The lowest BCUT2D eigenvalue weighted by atomic mass is 10.0. The number of Topliss-reactive ketones (excluding diaryl/α,β-unsaturated/α-hetero) is 1. The van der Waals surface area contributed by atoms with Gasteiger partial charge in [-0.2, -0.15) is 0 Å². The number of amides is 1. The Kier molecular flexibility index (Phi) is 8.40. The number of nitrogens with one attached hydrogen (secondary N) is 2. The van der Waals surface area contributed by atoms with Crippen LogP contribution in [-0.2, 0) is 14.8 Å². The Morgan fingerprint density at radius 3 is 2.32 bits per heavy atom. The topological polar surface area (TPSA) is 98.8 Å². The Bertz CT molecular complexity index is 1130. The zero-order valence-corrected chi connectivity index (χ0v) is 20.5. The molecule has 2 aromatic rings. The largest absolute Gasteiger partial charge is 0.369 e. The highest BCUT2D eigenvalue weighted by atomic mass is 32.2. The maximum atomic E-state index is 14.0. The first-order valence-electron chi connectivity index (χ1n) is 11.2. The minimum Gasteiger partial charge on any atom is -0.369 e. The quantitative estimate of drug-likeness (QED) is 0.524. The minimum absolute atomic E-state index is 0.0165. The van der Waals surface area contributed by atoms with Gasteiger partial charge in [0, 0.05) is 56.0 Å². The van der Waals surface area contributed by atoms with Gasteiger partial charge in [0.2, 0.25) is 15.9 Å². The molecule has 1 fully saturated rings. The highest BCUT2D eigenvalue weighted by molar-refractivity contribution is 7.89. The lowest BCUT2D eigenvalue weighted by molar-refractivity contribution is -0.121. The number of ketones is 1. The van der Waals surface area contributed by atoms with Gasteiger partial charge in [0.15, 0.2) is 5.78 Å². The summed E-state index contributed by atoms with van der Waals surface area (Å²) < 4.78 is 41.3. The average Bonchev–Trinajstić information content (AvgIpc) is 2.79. The van der Waals surface area contributed by atoms with Gasteiger partial charge in [0.05, 0.1) is 10.9 Å². The van der Waals surface area contributed by atoms with E-state index in [-0.39, 0.29) is 35.4 Å². The lowest BCUT2D eigenvalue weighted by Crippen LogP contribution is -2.45. The summed E-state index contributed by atoms with van der Waals surface area (Å²) in [4.78, 5) is 28.3. The van der Waals surface area contributed by atoms with E-state index in [0.717, 1.165) is 31.9 Å². The van der Waals surface area contributed by atoms with Crippen molar-refractivity contribution in [2.24, 2.45) is 0 Å². The standard InChI is InChI=1S/C24H31FN4O4S/c1-17(22-16-20(25)6-9-23(22)29-14-12-28(3)13-15-29)27-24(31)10-11-26-34(32,33)21-7-4-19(5-8-21)18(2)30/h4-9,16-17,26H,10-15H2,1-3H3,(H,27,31). The molecular formula is C24H31FN4O4S. The van der Waals surface area contributed by atoms with Crippen molar-refractivity contribution in [2.75, 3.05) is 44.7 Å². The van der Waals surface area contributed by atoms with Crippen molar-refractivity contribution in [1.29, 1.82) is 0 Å². The summed E-state index contributed by atoms with van der Waals surface area (Å²) in [7, 11) is -1.76. The predicted octanol–water partition coefficient (Wildman–Crippen LogP) is 2.33. The van der Waals surface area contributed by atoms with E-state index in [2.05, 4.69) is 26.9 Å². The third kappa shape index (κ3) is 6.62. The third-order valence-corrected chi connectivity index (χ3v) is 7.37. The van der Waals surface area contributed by atoms with E-state index in [0.29, 0.717) is 11.1 Å². The number of nitrogens with zero attached hydrogens (tertiary/aromatic N) is 2. The second-order valence-electron chi connectivity index (χ2n) is 8.51. The first-order chi connectivity index (χ1) is 16.1. The first-order valence-corrected chi connectivity index (χ1v) is 12.7. The Morgan fingerprint density at radius 1 is 1.06 bits per heavy atom. The van der Waals surface area contributed by atoms with E-state index in [4.69, 9.17) is 0 Å². The molecule has 3 rings (SSSR count). The van der Waals surface area contributed by atoms with Crippen LogP contribution < -0.4 is 14.9 Å². The molecule has 1 atom stereocenters. The Balaban J connectivity index is 1.58. The molecule has 1 unspecified atom stereocenters. The number of benzene rings is 2. The number of piperazine rings is 1. The van der Waals surface area contributed by atoms with Gasteiger partial charge in [-0.25, -0.2) is 17.5 Å². The second kappa shape index (κ2) is 11.1. The molecule has 1 aliphatic heterocycles. The van der Waals surface area contributed by atoms with Gasteiger partial charge in [-0.15, -0.1) is 0 Å². The number of carbonyl (C=O) groups excluding carboxylic acids is 2. The molecule has 10 heteroatoms. The molecule has 1 amide bonds. The van der Waals surface area contributed by atoms with E-state index in [1.807, 2.05) is 0 Å². The smallest absolute Gasteiger partial charge is 0.240 e. The fourth-order valence-electron chi connectivity index (χ4n) is 3.85. The minimum atomic E-state index is -3.81. The van der Waals surface area contributed by atoms with Crippen LogP contribution in [0.25, 0.3) is 0 Å². The van der Waals surface area contributed by atoms with Gasteiger partial charge >= 0.3 is 0 Å². The van der Waals surface area contributed by atoms with Crippen LogP contribution in [-0.4, -0.2) is 64.8 Å². The number of hydrogen-bond acceptors (Lipinski definition) is 6. The number of sulfonamides is 1. The zero-order valence-electron chi connectivity index (χ0n) is 19.7. The molecule has 1 aliphatic rings. The normalized spacial score (nSPS) is 15.7. The fraction of sp³-hybridized carbons (Fsp3) is 0.417. The molecule has 0 saturated carbocycles. The van der Waals surface area contributed by atoms with Gasteiger partial charge in [0.1, 0.15) is 5.82 Å². The van der Waals surface area contributed by atoms with E-state index >= 15 is 0 Å². The molecule has 2 aromatic carbocycles. The van der Waals surface area contributed by atoms with E-state index in [1.54, 1.807) is 13.0 Å². The van der Waals surface area contributed by atoms with Gasteiger partial charge in [-0.3, -0.25) is 9.59 Å². The zero-order chi connectivity index (χ0) is 24.9.